The highest BCUT2D eigenvalue weighted by atomic mass is 33.1. The maximum Gasteiger partial charge on any atom is 0.137 e. The summed E-state index contributed by atoms with van der Waals surface area (Å²) in [5.41, 5.74) is 1.06. The zero-order valence-corrected chi connectivity index (χ0v) is 8.77. The average Bonchev–Trinajstić information content (AvgIpc) is 2.17. The Labute approximate surface area is 86.4 Å². The molecule has 0 heterocycles. The number of phenols is 1. The van der Waals surface area contributed by atoms with Gasteiger partial charge in [0.1, 0.15) is 11.8 Å². The zero-order valence-electron chi connectivity index (χ0n) is 7.06. The van der Waals surface area contributed by atoms with Gasteiger partial charge in [0, 0.05) is 10.8 Å². The standard InChI is InChI=1S/C9H9NOS2/c1-6(13-12)8-4-2-3-7(5-10)9(8)11/h2-4,6,11-12H,1H3. The van der Waals surface area contributed by atoms with Crippen LogP contribution in [0.2, 0.25) is 0 Å². The van der Waals surface area contributed by atoms with E-state index in [0.717, 1.165) is 5.56 Å². The van der Waals surface area contributed by atoms with Crippen LogP contribution in [-0.2, 0) is 0 Å². The lowest BCUT2D eigenvalue weighted by Crippen LogP contribution is -1.89. The fourth-order valence-electron chi connectivity index (χ4n) is 1.04. The number of para-hydroxylation sites is 1. The number of rotatable bonds is 2. The van der Waals surface area contributed by atoms with Crippen molar-refractivity contribution in [3.63, 3.8) is 0 Å². The van der Waals surface area contributed by atoms with Crippen LogP contribution in [0.5, 0.6) is 5.75 Å². The van der Waals surface area contributed by atoms with Crippen molar-refractivity contribution in [3.05, 3.63) is 29.3 Å². The normalized spacial score (nSPS) is 12.1. The lowest BCUT2D eigenvalue weighted by Gasteiger charge is -2.10. The maximum atomic E-state index is 9.62. The van der Waals surface area contributed by atoms with Gasteiger partial charge in [-0.1, -0.05) is 22.9 Å². The van der Waals surface area contributed by atoms with E-state index < -0.39 is 0 Å². The predicted molar refractivity (Wildman–Crippen MR) is 57.8 cm³/mol. The minimum absolute atomic E-state index is 0.0686. The monoisotopic (exact) mass is 211 g/mol. The van der Waals surface area contributed by atoms with E-state index in [-0.39, 0.29) is 11.0 Å². The average molecular weight is 211 g/mol. The van der Waals surface area contributed by atoms with Crippen molar-refractivity contribution in [1.82, 2.24) is 0 Å². The van der Waals surface area contributed by atoms with Crippen LogP contribution in [0, 0.1) is 11.3 Å². The molecule has 0 amide bonds. The van der Waals surface area contributed by atoms with Crippen molar-refractivity contribution in [2.45, 2.75) is 12.2 Å². The summed E-state index contributed by atoms with van der Waals surface area (Å²) in [7, 11) is 1.34. The van der Waals surface area contributed by atoms with Gasteiger partial charge in [0.05, 0.1) is 5.56 Å². The van der Waals surface area contributed by atoms with Gasteiger partial charge in [0.25, 0.3) is 0 Å². The Morgan fingerprint density at radius 1 is 1.62 bits per heavy atom. The Morgan fingerprint density at radius 2 is 2.31 bits per heavy atom. The number of nitriles is 1. The van der Waals surface area contributed by atoms with Crippen molar-refractivity contribution in [1.29, 1.82) is 5.26 Å². The van der Waals surface area contributed by atoms with E-state index in [1.807, 2.05) is 13.0 Å². The second-order valence-electron chi connectivity index (χ2n) is 2.60. The van der Waals surface area contributed by atoms with E-state index >= 15 is 0 Å². The van der Waals surface area contributed by atoms with Crippen LogP contribution < -0.4 is 0 Å². The summed E-state index contributed by atoms with van der Waals surface area (Å²) in [5, 5.41) is 18.4. The molecule has 0 fully saturated rings. The fraction of sp³-hybridized carbons (Fsp3) is 0.222. The van der Waals surface area contributed by atoms with Crippen LogP contribution >= 0.6 is 22.5 Å². The smallest absolute Gasteiger partial charge is 0.137 e. The Kier molecular flexibility index (Phi) is 3.52. The first-order valence-electron chi connectivity index (χ1n) is 3.73. The van der Waals surface area contributed by atoms with Gasteiger partial charge in [0.15, 0.2) is 0 Å². The van der Waals surface area contributed by atoms with E-state index in [2.05, 4.69) is 11.7 Å². The SMILES string of the molecule is CC(SS)c1cccc(C#N)c1O. The topological polar surface area (TPSA) is 44.0 Å². The molecule has 1 rings (SSSR count). The molecule has 0 saturated carbocycles. The van der Waals surface area contributed by atoms with Crippen LogP contribution in [0.15, 0.2) is 18.2 Å². The number of nitrogens with zero attached hydrogens (tertiary/aromatic N) is 1. The summed E-state index contributed by atoms with van der Waals surface area (Å²) in [6.07, 6.45) is 0. The van der Waals surface area contributed by atoms with E-state index in [9.17, 15) is 5.11 Å². The van der Waals surface area contributed by atoms with Crippen molar-refractivity contribution >= 4 is 22.5 Å². The largest absolute Gasteiger partial charge is 0.506 e. The van der Waals surface area contributed by atoms with E-state index in [1.165, 1.54) is 10.8 Å². The number of phenolic OH excluding ortho intramolecular Hbond substituents is 1. The van der Waals surface area contributed by atoms with E-state index in [0.29, 0.717) is 5.56 Å². The van der Waals surface area contributed by atoms with Crippen molar-refractivity contribution in [2.75, 3.05) is 0 Å². The molecular weight excluding hydrogens is 202 g/mol. The minimum atomic E-state index is 0.0686. The van der Waals surface area contributed by atoms with E-state index in [1.54, 1.807) is 18.2 Å². The fourth-order valence-corrected chi connectivity index (χ4v) is 1.68. The predicted octanol–water partition coefficient (Wildman–Crippen LogP) is 2.90. The molecular formula is C9H9NOS2. The molecule has 1 atom stereocenters. The summed E-state index contributed by atoms with van der Waals surface area (Å²) >= 11 is 4.06. The highest BCUT2D eigenvalue weighted by molar-refractivity contribution is 8.68. The van der Waals surface area contributed by atoms with Crippen molar-refractivity contribution in [2.24, 2.45) is 0 Å². The Bertz CT molecular complexity index is 346. The third-order valence-corrected chi connectivity index (χ3v) is 3.30. The second-order valence-corrected chi connectivity index (χ2v) is 4.15. The minimum Gasteiger partial charge on any atom is -0.506 e. The summed E-state index contributed by atoms with van der Waals surface area (Å²) in [6.45, 7) is 1.92. The summed E-state index contributed by atoms with van der Waals surface area (Å²) < 4.78 is 0. The molecule has 0 aliphatic carbocycles. The number of hydrogen-bond donors (Lipinski definition) is 2. The molecule has 0 saturated heterocycles. The molecule has 0 spiro atoms. The lowest BCUT2D eigenvalue weighted by molar-refractivity contribution is 0.467. The quantitative estimate of drug-likeness (QED) is 0.584. The molecule has 2 nitrogen and oxygen atoms in total. The highest BCUT2D eigenvalue weighted by Crippen LogP contribution is 2.37. The molecule has 13 heavy (non-hydrogen) atoms. The Morgan fingerprint density at radius 3 is 2.85 bits per heavy atom. The van der Waals surface area contributed by atoms with Crippen molar-refractivity contribution < 1.29 is 5.11 Å². The van der Waals surface area contributed by atoms with Crippen LogP contribution in [0.25, 0.3) is 0 Å². The molecule has 0 aliphatic heterocycles. The second kappa shape index (κ2) is 4.45. The Hall–Kier alpha value is -0.790. The maximum absolute atomic E-state index is 9.62. The molecule has 0 aliphatic rings. The molecule has 1 aromatic rings. The Balaban J connectivity index is 3.17. The first-order chi connectivity index (χ1) is 6.20. The summed E-state index contributed by atoms with van der Waals surface area (Å²) in [6, 6.07) is 7.08. The number of aromatic hydroxyl groups is 1. The van der Waals surface area contributed by atoms with Crippen LogP contribution in [-0.4, -0.2) is 5.11 Å². The van der Waals surface area contributed by atoms with Gasteiger partial charge in [-0.05, 0) is 13.0 Å². The molecule has 0 aromatic heterocycles. The first kappa shape index (κ1) is 10.3. The van der Waals surface area contributed by atoms with Gasteiger partial charge in [0.2, 0.25) is 0 Å². The van der Waals surface area contributed by atoms with Gasteiger partial charge < -0.3 is 5.11 Å². The first-order valence-corrected chi connectivity index (χ1v) is 5.66. The van der Waals surface area contributed by atoms with Gasteiger partial charge in [-0.3, -0.25) is 0 Å². The van der Waals surface area contributed by atoms with Crippen LogP contribution in [0.4, 0.5) is 0 Å². The number of thiol groups is 1. The molecule has 4 heteroatoms. The van der Waals surface area contributed by atoms with Gasteiger partial charge in [-0.2, -0.15) is 5.26 Å². The van der Waals surface area contributed by atoms with Gasteiger partial charge in [-0.15, -0.1) is 11.7 Å². The van der Waals surface area contributed by atoms with Gasteiger partial charge in [-0.25, -0.2) is 0 Å². The third-order valence-electron chi connectivity index (χ3n) is 1.78. The third kappa shape index (κ3) is 2.11. The van der Waals surface area contributed by atoms with E-state index in [4.69, 9.17) is 5.26 Å². The number of hydrogen-bond acceptors (Lipinski definition) is 4. The summed E-state index contributed by atoms with van der Waals surface area (Å²) in [4.78, 5) is 0. The van der Waals surface area contributed by atoms with Crippen molar-refractivity contribution in [3.8, 4) is 11.8 Å². The molecule has 0 bridgehead atoms. The molecule has 1 aromatic carbocycles. The van der Waals surface area contributed by atoms with Crippen LogP contribution in [0.1, 0.15) is 23.3 Å². The molecule has 1 unspecified atom stereocenters. The lowest BCUT2D eigenvalue weighted by atomic mass is 10.1. The van der Waals surface area contributed by atoms with Crippen LogP contribution in [0.3, 0.4) is 0 Å². The van der Waals surface area contributed by atoms with Gasteiger partial charge >= 0.3 is 0 Å². The zero-order chi connectivity index (χ0) is 9.84. The molecule has 68 valence electrons. The summed E-state index contributed by atoms with van der Waals surface area (Å²) in [5.74, 6) is 0.0686. The number of benzene rings is 1. The highest BCUT2D eigenvalue weighted by Gasteiger charge is 2.11. The molecule has 0 radical (unpaired) electrons. The molecule has 1 N–H and O–H groups in total.